The zero-order chi connectivity index (χ0) is 19.7. The van der Waals surface area contributed by atoms with E-state index in [1.807, 2.05) is 30.3 Å². The molecule has 1 aromatic carbocycles. The highest BCUT2D eigenvalue weighted by Gasteiger charge is 2.26. The Balaban J connectivity index is 2.15. The van der Waals surface area contributed by atoms with Crippen molar-refractivity contribution in [3.8, 4) is 11.3 Å². The second-order valence-corrected chi connectivity index (χ2v) is 6.86. The molecule has 1 amide bonds. The van der Waals surface area contributed by atoms with Crippen LogP contribution in [0.2, 0.25) is 0 Å². The quantitative estimate of drug-likeness (QED) is 0.724. The molecule has 0 bridgehead atoms. The number of hydrogen-bond donors (Lipinski definition) is 2. The Kier molecular flexibility index (Phi) is 4.94. The van der Waals surface area contributed by atoms with Crippen molar-refractivity contribution in [1.29, 1.82) is 0 Å². The van der Waals surface area contributed by atoms with Crippen LogP contribution in [0.5, 0.6) is 0 Å². The van der Waals surface area contributed by atoms with E-state index in [1.54, 1.807) is 38.6 Å². The lowest BCUT2D eigenvalue weighted by Gasteiger charge is -2.18. The predicted molar refractivity (Wildman–Crippen MR) is 102 cm³/mol. The molecule has 7 nitrogen and oxygen atoms in total. The van der Waals surface area contributed by atoms with Crippen LogP contribution in [0.3, 0.4) is 0 Å². The molecule has 0 fully saturated rings. The molecule has 140 valence electrons. The van der Waals surface area contributed by atoms with Gasteiger partial charge in [-0.3, -0.25) is 9.48 Å². The lowest BCUT2D eigenvalue weighted by molar-refractivity contribution is -0.140. The lowest BCUT2D eigenvalue weighted by atomic mass is 10.0. The smallest absolute Gasteiger partial charge is 0.326 e. The number of carbonyl (C=O) groups is 2. The Morgan fingerprint density at radius 3 is 2.44 bits per heavy atom. The molecule has 1 atom stereocenters. The fourth-order valence-electron chi connectivity index (χ4n) is 3.11. The molecule has 7 heteroatoms. The number of nitrogens with one attached hydrogen (secondary N) is 1. The fourth-order valence-corrected chi connectivity index (χ4v) is 3.11. The van der Waals surface area contributed by atoms with Crippen molar-refractivity contribution in [2.75, 3.05) is 0 Å². The summed E-state index contributed by atoms with van der Waals surface area (Å²) >= 11 is 0. The average Bonchev–Trinajstić information content (AvgIpc) is 2.93. The first-order valence-corrected chi connectivity index (χ1v) is 8.73. The molecule has 0 aliphatic heterocycles. The van der Waals surface area contributed by atoms with Crippen LogP contribution in [0, 0.1) is 12.8 Å². The second kappa shape index (κ2) is 7.19. The molecule has 0 saturated carbocycles. The lowest BCUT2D eigenvalue weighted by Crippen LogP contribution is -2.44. The molecule has 2 heterocycles. The maximum atomic E-state index is 13.0. The number of aromatic nitrogens is 3. The number of pyridine rings is 1. The van der Waals surface area contributed by atoms with Gasteiger partial charge in [0.1, 0.15) is 6.04 Å². The number of amides is 1. The Morgan fingerprint density at radius 2 is 1.85 bits per heavy atom. The van der Waals surface area contributed by atoms with Crippen LogP contribution < -0.4 is 5.32 Å². The minimum atomic E-state index is -1.06. The maximum Gasteiger partial charge on any atom is 0.326 e. The van der Waals surface area contributed by atoms with E-state index in [4.69, 9.17) is 0 Å². The van der Waals surface area contributed by atoms with Crippen LogP contribution >= 0.6 is 0 Å². The van der Waals surface area contributed by atoms with E-state index >= 15 is 0 Å². The number of rotatable bonds is 5. The summed E-state index contributed by atoms with van der Waals surface area (Å²) in [6.45, 7) is 5.32. The fraction of sp³-hybridized carbons (Fsp3) is 0.300. The monoisotopic (exact) mass is 366 g/mol. The van der Waals surface area contributed by atoms with Gasteiger partial charge in [-0.1, -0.05) is 44.2 Å². The van der Waals surface area contributed by atoms with Gasteiger partial charge in [0.15, 0.2) is 5.65 Å². The Bertz CT molecular complexity index is 1010. The number of carboxylic acids is 1. The SMILES string of the molecule is Cc1nn(C)c2nc(-c3ccccc3)cc(C(=O)N[C@@H](C(=O)O)C(C)C)c12. The molecule has 0 aliphatic rings. The number of carboxylic acid groups (broad SMARTS) is 1. The minimum absolute atomic E-state index is 0.243. The molecule has 2 aromatic heterocycles. The molecular formula is C20H22N4O3. The summed E-state index contributed by atoms with van der Waals surface area (Å²) in [6, 6.07) is 10.2. The van der Waals surface area contributed by atoms with Gasteiger partial charge in [-0.05, 0) is 18.9 Å². The maximum absolute atomic E-state index is 13.0. The van der Waals surface area contributed by atoms with E-state index in [2.05, 4.69) is 15.4 Å². The van der Waals surface area contributed by atoms with Crippen LogP contribution in [0.15, 0.2) is 36.4 Å². The first kappa shape index (κ1) is 18.6. The highest BCUT2D eigenvalue weighted by atomic mass is 16.4. The number of aliphatic carboxylic acids is 1. The summed E-state index contributed by atoms with van der Waals surface area (Å²) in [5, 5.41) is 17.0. The Morgan fingerprint density at radius 1 is 1.19 bits per heavy atom. The average molecular weight is 366 g/mol. The van der Waals surface area contributed by atoms with Crippen LogP contribution in [0.25, 0.3) is 22.3 Å². The van der Waals surface area contributed by atoms with E-state index in [0.29, 0.717) is 28.0 Å². The number of aryl methyl sites for hydroxylation is 2. The largest absolute Gasteiger partial charge is 0.480 e. The normalized spacial score (nSPS) is 12.3. The van der Waals surface area contributed by atoms with Crippen molar-refractivity contribution in [1.82, 2.24) is 20.1 Å². The molecule has 2 N–H and O–H groups in total. The third-order valence-corrected chi connectivity index (χ3v) is 4.50. The first-order chi connectivity index (χ1) is 12.8. The summed E-state index contributed by atoms with van der Waals surface area (Å²) in [7, 11) is 1.77. The molecule has 0 saturated heterocycles. The number of hydrogen-bond acceptors (Lipinski definition) is 4. The topological polar surface area (TPSA) is 97.1 Å². The second-order valence-electron chi connectivity index (χ2n) is 6.86. The van der Waals surface area contributed by atoms with Crippen LogP contribution in [0.4, 0.5) is 0 Å². The van der Waals surface area contributed by atoms with Gasteiger partial charge in [0, 0.05) is 12.6 Å². The van der Waals surface area contributed by atoms with Crippen LogP contribution in [-0.2, 0) is 11.8 Å². The molecular weight excluding hydrogens is 344 g/mol. The van der Waals surface area contributed by atoms with Crippen LogP contribution in [-0.4, -0.2) is 37.8 Å². The molecule has 0 unspecified atom stereocenters. The molecule has 0 spiro atoms. The standard InChI is InChI=1S/C20H22N4O3/c1-11(2)17(20(26)27)22-19(25)14-10-15(13-8-6-5-7-9-13)21-18-16(14)12(3)23-24(18)4/h5-11,17H,1-4H3,(H,22,25)(H,26,27)/t17-/m1/s1. The molecule has 27 heavy (non-hydrogen) atoms. The summed E-state index contributed by atoms with van der Waals surface area (Å²) in [5.41, 5.74) is 3.12. The van der Waals surface area contributed by atoms with Gasteiger partial charge >= 0.3 is 5.97 Å². The van der Waals surface area contributed by atoms with E-state index in [1.165, 1.54) is 0 Å². The highest BCUT2D eigenvalue weighted by Crippen LogP contribution is 2.27. The summed E-state index contributed by atoms with van der Waals surface area (Å²) in [5.74, 6) is -1.75. The zero-order valence-electron chi connectivity index (χ0n) is 15.7. The van der Waals surface area contributed by atoms with Crippen molar-refractivity contribution in [2.45, 2.75) is 26.8 Å². The van der Waals surface area contributed by atoms with Gasteiger partial charge in [-0.15, -0.1) is 0 Å². The van der Waals surface area contributed by atoms with E-state index in [-0.39, 0.29) is 5.92 Å². The van der Waals surface area contributed by atoms with Gasteiger partial charge in [0.2, 0.25) is 0 Å². The van der Waals surface area contributed by atoms with Crippen molar-refractivity contribution in [3.63, 3.8) is 0 Å². The van der Waals surface area contributed by atoms with E-state index in [0.717, 1.165) is 5.56 Å². The summed E-state index contributed by atoms with van der Waals surface area (Å²) < 4.78 is 1.63. The van der Waals surface area contributed by atoms with Crippen molar-refractivity contribution >= 4 is 22.9 Å². The van der Waals surface area contributed by atoms with Gasteiger partial charge in [0.05, 0.1) is 22.3 Å². The number of nitrogens with zero attached hydrogens (tertiary/aromatic N) is 3. The summed E-state index contributed by atoms with van der Waals surface area (Å²) in [6.07, 6.45) is 0. The zero-order valence-corrected chi connectivity index (χ0v) is 15.7. The van der Waals surface area contributed by atoms with E-state index in [9.17, 15) is 14.7 Å². The number of carbonyl (C=O) groups excluding carboxylic acids is 1. The first-order valence-electron chi connectivity index (χ1n) is 8.73. The van der Waals surface area contributed by atoms with Crippen molar-refractivity contribution < 1.29 is 14.7 Å². The highest BCUT2D eigenvalue weighted by molar-refractivity contribution is 6.08. The predicted octanol–water partition coefficient (Wildman–Crippen LogP) is 2.78. The van der Waals surface area contributed by atoms with Gasteiger partial charge < -0.3 is 10.4 Å². The summed E-state index contributed by atoms with van der Waals surface area (Å²) in [4.78, 5) is 29.1. The van der Waals surface area contributed by atoms with Crippen molar-refractivity contribution in [3.05, 3.63) is 47.7 Å². The number of benzene rings is 1. The van der Waals surface area contributed by atoms with E-state index < -0.39 is 17.9 Å². The molecule has 0 aliphatic carbocycles. The Labute approximate surface area is 157 Å². The number of fused-ring (bicyclic) bond motifs is 1. The molecule has 3 rings (SSSR count). The third kappa shape index (κ3) is 3.53. The van der Waals surface area contributed by atoms with Gasteiger partial charge in [-0.25, -0.2) is 9.78 Å². The Hall–Kier alpha value is -3.22. The third-order valence-electron chi connectivity index (χ3n) is 4.50. The van der Waals surface area contributed by atoms with Gasteiger partial charge in [-0.2, -0.15) is 5.10 Å². The minimum Gasteiger partial charge on any atom is -0.480 e. The van der Waals surface area contributed by atoms with Crippen LogP contribution in [0.1, 0.15) is 29.9 Å². The molecule has 0 radical (unpaired) electrons. The molecule has 3 aromatic rings. The van der Waals surface area contributed by atoms with Gasteiger partial charge in [0.25, 0.3) is 5.91 Å². The van der Waals surface area contributed by atoms with Crippen molar-refractivity contribution in [2.24, 2.45) is 13.0 Å².